The van der Waals surface area contributed by atoms with Crippen LogP contribution in [0.2, 0.25) is 0 Å². The summed E-state index contributed by atoms with van der Waals surface area (Å²) in [5.41, 5.74) is 0.0252. The normalized spacial score (nSPS) is 27.6. The van der Waals surface area contributed by atoms with Crippen LogP contribution < -0.4 is 5.32 Å². The molecule has 0 aliphatic carbocycles. The van der Waals surface area contributed by atoms with E-state index in [9.17, 15) is 4.79 Å². The summed E-state index contributed by atoms with van der Waals surface area (Å²) < 4.78 is 0. The predicted octanol–water partition coefficient (Wildman–Crippen LogP) is 1.39. The molecule has 3 nitrogen and oxygen atoms in total. The highest BCUT2D eigenvalue weighted by molar-refractivity contribution is 5.82. The Labute approximate surface area is 86.9 Å². The Bertz CT molecular complexity index is 213. The van der Waals surface area contributed by atoms with E-state index in [2.05, 4.69) is 26.1 Å². The number of amides is 1. The van der Waals surface area contributed by atoms with Crippen molar-refractivity contribution in [2.75, 3.05) is 13.6 Å². The highest BCUT2D eigenvalue weighted by atomic mass is 16.2. The fourth-order valence-electron chi connectivity index (χ4n) is 2.34. The Hall–Kier alpha value is -0.570. The summed E-state index contributed by atoms with van der Waals surface area (Å²) in [6.45, 7) is 7.18. The Kier molecular flexibility index (Phi) is 3.53. The van der Waals surface area contributed by atoms with E-state index in [0.717, 1.165) is 25.8 Å². The minimum absolute atomic E-state index is 0.0247. The first-order valence-corrected chi connectivity index (χ1v) is 5.51. The van der Waals surface area contributed by atoms with Crippen LogP contribution in [0.1, 0.15) is 40.0 Å². The lowest BCUT2D eigenvalue weighted by Gasteiger charge is -2.37. The molecule has 3 heteroatoms. The quantitative estimate of drug-likeness (QED) is 0.727. The van der Waals surface area contributed by atoms with Gasteiger partial charge in [-0.1, -0.05) is 0 Å². The smallest absolute Gasteiger partial charge is 0.240 e. The summed E-state index contributed by atoms with van der Waals surface area (Å²) in [7, 11) is 1.87. The maximum atomic E-state index is 12.1. The number of rotatable bonds is 2. The predicted molar refractivity (Wildman–Crippen MR) is 58.2 cm³/mol. The average molecular weight is 198 g/mol. The molecule has 0 aromatic carbocycles. The molecule has 1 atom stereocenters. The molecule has 1 aliphatic heterocycles. The zero-order chi connectivity index (χ0) is 10.8. The van der Waals surface area contributed by atoms with Gasteiger partial charge in [0.05, 0.1) is 6.04 Å². The fourth-order valence-corrected chi connectivity index (χ4v) is 2.34. The first-order chi connectivity index (χ1) is 6.53. The molecule has 0 spiro atoms. The van der Waals surface area contributed by atoms with Crippen LogP contribution in [-0.4, -0.2) is 36.0 Å². The second-order valence-electron chi connectivity index (χ2n) is 4.63. The molecule has 1 N–H and O–H groups in total. The minimum Gasteiger partial charge on any atom is -0.337 e. The van der Waals surface area contributed by atoms with Crippen LogP contribution in [0.15, 0.2) is 0 Å². The Balaban J connectivity index is 2.86. The van der Waals surface area contributed by atoms with Gasteiger partial charge in [0.25, 0.3) is 0 Å². The van der Waals surface area contributed by atoms with Crippen molar-refractivity contribution in [3.63, 3.8) is 0 Å². The van der Waals surface area contributed by atoms with E-state index in [1.54, 1.807) is 0 Å². The lowest BCUT2D eigenvalue weighted by atomic mass is 9.97. The number of carbonyl (C=O) groups is 1. The number of hydrogen-bond acceptors (Lipinski definition) is 2. The van der Waals surface area contributed by atoms with Crippen molar-refractivity contribution in [1.82, 2.24) is 10.2 Å². The topological polar surface area (TPSA) is 32.3 Å². The standard InChI is InChI=1S/C11H22N2O/c1-5-13-10(14)9(12-4)7-6-8-11(13,2)3/h9,12H,5-8H2,1-4H3/t9-/m0/s1. The highest BCUT2D eigenvalue weighted by Crippen LogP contribution is 2.26. The van der Waals surface area contributed by atoms with Gasteiger partial charge in [-0.05, 0) is 47.1 Å². The van der Waals surface area contributed by atoms with Gasteiger partial charge in [0.2, 0.25) is 5.91 Å². The number of hydrogen-bond donors (Lipinski definition) is 1. The van der Waals surface area contributed by atoms with Crippen LogP contribution in [0.25, 0.3) is 0 Å². The second kappa shape index (κ2) is 4.30. The highest BCUT2D eigenvalue weighted by Gasteiger charge is 2.35. The molecule has 1 heterocycles. The van der Waals surface area contributed by atoms with E-state index in [4.69, 9.17) is 0 Å². The average Bonchev–Trinajstić information content (AvgIpc) is 2.22. The maximum Gasteiger partial charge on any atom is 0.240 e. The molecular formula is C11H22N2O. The van der Waals surface area contributed by atoms with Gasteiger partial charge >= 0.3 is 0 Å². The van der Waals surface area contributed by atoms with Crippen molar-refractivity contribution in [2.45, 2.75) is 51.6 Å². The zero-order valence-corrected chi connectivity index (χ0v) is 9.76. The van der Waals surface area contributed by atoms with Gasteiger partial charge in [0.1, 0.15) is 0 Å². The van der Waals surface area contributed by atoms with E-state index < -0.39 is 0 Å². The third kappa shape index (κ3) is 2.08. The molecule has 1 rings (SSSR count). The van der Waals surface area contributed by atoms with E-state index in [-0.39, 0.29) is 17.5 Å². The molecule has 0 bridgehead atoms. The molecule has 0 aromatic rings. The first kappa shape index (κ1) is 11.5. The number of likely N-dealkylation sites (tertiary alicyclic amines) is 1. The molecule has 1 aliphatic rings. The summed E-state index contributed by atoms with van der Waals surface area (Å²) in [5, 5.41) is 3.10. The van der Waals surface area contributed by atoms with Gasteiger partial charge in [-0.2, -0.15) is 0 Å². The minimum atomic E-state index is 0.0247. The molecule has 1 fully saturated rings. The zero-order valence-electron chi connectivity index (χ0n) is 9.76. The van der Waals surface area contributed by atoms with Crippen LogP contribution in [0, 0.1) is 0 Å². The van der Waals surface area contributed by atoms with Crippen molar-refractivity contribution >= 4 is 5.91 Å². The SMILES string of the molecule is CCN1C(=O)[C@@H](NC)CCCC1(C)C. The van der Waals surface area contributed by atoms with Gasteiger partial charge in [-0.15, -0.1) is 0 Å². The third-order valence-electron chi connectivity index (χ3n) is 3.24. The van der Waals surface area contributed by atoms with Gasteiger partial charge in [-0.25, -0.2) is 0 Å². The molecule has 0 unspecified atom stereocenters. The van der Waals surface area contributed by atoms with Crippen LogP contribution in [0.3, 0.4) is 0 Å². The Morgan fingerprint density at radius 2 is 2.21 bits per heavy atom. The van der Waals surface area contributed by atoms with Crippen LogP contribution in [0.4, 0.5) is 0 Å². The number of carbonyl (C=O) groups excluding carboxylic acids is 1. The van der Waals surface area contributed by atoms with Gasteiger partial charge < -0.3 is 10.2 Å². The van der Waals surface area contributed by atoms with Gasteiger partial charge in [0.15, 0.2) is 0 Å². The van der Waals surface area contributed by atoms with Crippen LogP contribution in [-0.2, 0) is 4.79 Å². The van der Waals surface area contributed by atoms with Crippen molar-refractivity contribution in [2.24, 2.45) is 0 Å². The van der Waals surface area contributed by atoms with Crippen molar-refractivity contribution < 1.29 is 4.79 Å². The Morgan fingerprint density at radius 1 is 1.57 bits per heavy atom. The lowest BCUT2D eigenvalue weighted by molar-refractivity contribution is -0.137. The van der Waals surface area contributed by atoms with Crippen LogP contribution in [0.5, 0.6) is 0 Å². The van der Waals surface area contributed by atoms with Gasteiger partial charge in [0, 0.05) is 12.1 Å². The van der Waals surface area contributed by atoms with Crippen LogP contribution >= 0.6 is 0 Å². The van der Waals surface area contributed by atoms with Gasteiger partial charge in [-0.3, -0.25) is 4.79 Å². The molecular weight excluding hydrogens is 176 g/mol. The fraction of sp³-hybridized carbons (Fsp3) is 0.909. The maximum absolute atomic E-state index is 12.1. The monoisotopic (exact) mass is 198 g/mol. The molecule has 0 saturated carbocycles. The van der Waals surface area contributed by atoms with Crippen molar-refractivity contribution in [3.05, 3.63) is 0 Å². The molecule has 1 saturated heterocycles. The summed E-state index contributed by atoms with van der Waals surface area (Å²) in [4.78, 5) is 14.1. The van der Waals surface area contributed by atoms with E-state index in [0.29, 0.717) is 0 Å². The second-order valence-corrected chi connectivity index (χ2v) is 4.63. The van der Waals surface area contributed by atoms with Crippen molar-refractivity contribution in [1.29, 1.82) is 0 Å². The summed E-state index contributed by atoms with van der Waals surface area (Å²) >= 11 is 0. The molecule has 14 heavy (non-hydrogen) atoms. The first-order valence-electron chi connectivity index (χ1n) is 5.51. The summed E-state index contributed by atoms with van der Waals surface area (Å²) in [6, 6.07) is 0.0247. The molecule has 82 valence electrons. The number of nitrogens with one attached hydrogen (secondary N) is 1. The van der Waals surface area contributed by atoms with E-state index in [1.807, 2.05) is 11.9 Å². The molecule has 0 aromatic heterocycles. The number of nitrogens with zero attached hydrogens (tertiary/aromatic N) is 1. The Morgan fingerprint density at radius 3 is 2.71 bits per heavy atom. The molecule has 1 amide bonds. The lowest BCUT2D eigenvalue weighted by Crippen LogP contribution is -2.51. The summed E-state index contributed by atoms with van der Waals surface area (Å²) in [5.74, 6) is 0.262. The largest absolute Gasteiger partial charge is 0.337 e. The van der Waals surface area contributed by atoms with E-state index in [1.165, 1.54) is 0 Å². The van der Waals surface area contributed by atoms with E-state index >= 15 is 0 Å². The third-order valence-corrected chi connectivity index (χ3v) is 3.24. The molecule has 0 radical (unpaired) electrons. The number of likely N-dealkylation sites (N-methyl/N-ethyl adjacent to an activating group) is 2. The van der Waals surface area contributed by atoms with Crippen molar-refractivity contribution in [3.8, 4) is 0 Å². The summed E-state index contributed by atoms with van der Waals surface area (Å²) in [6.07, 6.45) is 3.20.